The minimum Gasteiger partial charge on any atom is -0.444 e. The summed E-state index contributed by atoms with van der Waals surface area (Å²) < 4.78 is 5.43. The quantitative estimate of drug-likeness (QED) is 0.893. The summed E-state index contributed by atoms with van der Waals surface area (Å²) in [6, 6.07) is 0.357. The summed E-state index contributed by atoms with van der Waals surface area (Å²) in [6.07, 6.45) is 2.65. The Morgan fingerprint density at radius 3 is 2.86 bits per heavy atom. The van der Waals surface area contributed by atoms with Crippen molar-refractivity contribution in [1.29, 1.82) is 0 Å². The van der Waals surface area contributed by atoms with Gasteiger partial charge in [0.05, 0.1) is 0 Å². The number of amides is 1. The van der Waals surface area contributed by atoms with E-state index in [1.165, 1.54) is 11.3 Å². The van der Waals surface area contributed by atoms with Crippen molar-refractivity contribution < 1.29 is 9.53 Å². The van der Waals surface area contributed by atoms with Crippen LogP contribution in [0.25, 0.3) is 0 Å². The van der Waals surface area contributed by atoms with E-state index < -0.39 is 5.60 Å². The Morgan fingerprint density at radius 1 is 1.45 bits per heavy atom. The van der Waals surface area contributed by atoms with Crippen LogP contribution in [0, 0.1) is 0 Å². The van der Waals surface area contributed by atoms with Crippen LogP contribution in [0.3, 0.4) is 0 Å². The van der Waals surface area contributed by atoms with E-state index in [-0.39, 0.29) is 11.0 Å². The molecule has 1 aliphatic heterocycles. The van der Waals surface area contributed by atoms with Crippen molar-refractivity contribution in [2.24, 2.45) is 0 Å². The first-order valence-corrected chi connectivity index (χ1v) is 8.59. The molecule has 0 bridgehead atoms. The van der Waals surface area contributed by atoms with Crippen LogP contribution in [0.4, 0.5) is 4.79 Å². The van der Waals surface area contributed by atoms with Gasteiger partial charge in [0, 0.05) is 36.8 Å². The van der Waals surface area contributed by atoms with Crippen LogP contribution < -0.4 is 10.2 Å². The van der Waals surface area contributed by atoms with Gasteiger partial charge in [0.1, 0.15) is 5.60 Å². The number of hydrogen-bond donors (Lipinski definition) is 2. The lowest BCUT2D eigenvalue weighted by Gasteiger charge is -2.26. The van der Waals surface area contributed by atoms with Gasteiger partial charge in [-0.25, -0.2) is 4.79 Å². The lowest BCUT2D eigenvalue weighted by molar-refractivity contribution is 0.0256. The van der Waals surface area contributed by atoms with Gasteiger partial charge in [-0.3, -0.25) is 4.79 Å². The molecule has 0 aliphatic carbocycles. The van der Waals surface area contributed by atoms with Crippen LogP contribution in [0.2, 0.25) is 0 Å². The third-order valence-corrected chi connectivity index (χ3v) is 4.25. The Kier molecular flexibility index (Phi) is 5.63. The Morgan fingerprint density at radius 2 is 2.23 bits per heavy atom. The first-order chi connectivity index (χ1) is 10.3. The summed E-state index contributed by atoms with van der Waals surface area (Å²) >= 11 is 1.18. The predicted octanol–water partition coefficient (Wildman–Crippen LogP) is 2.32. The van der Waals surface area contributed by atoms with Gasteiger partial charge in [-0.2, -0.15) is 0 Å². The fraction of sp³-hybridized carbons (Fsp3) is 0.733. The van der Waals surface area contributed by atoms with Gasteiger partial charge >= 0.3 is 11.0 Å². The number of carbonyl (C=O) groups is 1. The van der Waals surface area contributed by atoms with Gasteiger partial charge in [-0.05, 0) is 40.0 Å². The summed E-state index contributed by atoms with van der Waals surface area (Å²) in [4.78, 5) is 27.8. The molecule has 1 saturated heterocycles. The molecule has 22 heavy (non-hydrogen) atoms. The molecule has 0 saturated carbocycles. The zero-order chi connectivity index (χ0) is 16.2. The first-order valence-electron chi connectivity index (χ1n) is 7.71. The van der Waals surface area contributed by atoms with Gasteiger partial charge in [0.15, 0.2) is 0 Å². The van der Waals surface area contributed by atoms with E-state index in [1.807, 2.05) is 26.2 Å². The lowest BCUT2D eigenvalue weighted by Crippen LogP contribution is -2.38. The molecule has 0 aromatic carbocycles. The number of rotatable bonds is 3. The molecule has 1 aliphatic rings. The molecule has 7 heteroatoms. The number of likely N-dealkylation sites (tertiary alicyclic amines) is 1. The number of nitrogens with one attached hydrogen (secondary N) is 2. The molecular weight excluding hydrogens is 302 g/mol. The van der Waals surface area contributed by atoms with E-state index in [4.69, 9.17) is 4.74 Å². The molecule has 2 N–H and O–H groups in total. The molecule has 1 unspecified atom stereocenters. The van der Waals surface area contributed by atoms with Gasteiger partial charge in [0.2, 0.25) is 0 Å². The maximum atomic E-state index is 12.1. The van der Waals surface area contributed by atoms with Gasteiger partial charge in [0.25, 0.3) is 0 Å². The summed E-state index contributed by atoms with van der Waals surface area (Å²) in [5, 5.41) is 5.30. The molecule has 1 atom stereocenters. The van der Waals surface area contributed by atoms with Crippen molar-refractivity contribution in [3.8, 4) is 0 Å². The fourth-order valence-electron chi connectivity index (χ4n) is 2.46. The monoisotopic (exact) mass is 327 g/mol. The maximum Gasteiger partial charge on any atom is 0.410 e. The van der Waals surface area contributed by atoms with Crippen LogP contribution in [-0.4, -0.2) is 40.7 Å². The molecule has 0 spiro atoms. The topological polar surface area (TPSA) is 74.4 Å². The van der Waals surface area contributed by atoms with Crippen molar-refractivity contribution >= 4 is 17.4 Å². The second-order valence-corrected chi connectivity index (χ2v) is 7.49. The van der Waals surface area contributed by atoms with Crippen molar-refractivity contribution in [2.45, 2.75) is 58.2 Å². The number of aromatic amines is 1. The minimum absolute atomic E-state index is 0.0197. The van der Waals surface area contributed by atoms with E-state index in [2.05, 4.69) is 10.3 Å². The summed E-state index contributed by atoms with van der Waals surface area (Å²) in [5.41, 5.74) is 0.467. The van der Waals surface area contributed by atoms with Crippen LogP contribution in [0.1, 0.15) is 45.7 Å². The molecule has 1 fully saturated rings. The SMILES string of the molecule is CC(C)(C)OC(=O)N1CCCC(NCc2csc(=O)[nH]2)CC1. The first kappa shape index (κ1) is 17.0. The van der Waals surface area contributed by atoms with Crippen molar-refractivity contribution in [1.82, 2.24) is 15.2 Å². The number of thiazole rings is 1. The van der Waals surface area contributed by atoms with Crippen LogP contribution >= 0.6 is 11.3 Å². The molecule has 1 aromatic heterocycles. The number of carbonyl (C=O) groups excluding carboxylic acids is 1. The van der Waals surface area contributed by atoms with Crippen molar-refractivity contribution in [2.75, 3.05) is 13.1 Å². The van der Waals surface area contributed by atoms with Crippen LogP contribution in [0.5, 0.6) is 0 Å². The zero-order valence-corrected chi connectivity index (χ0v) is 14.3. The second kappa shape index (κ2) is 7.28. The second-order valence-electron chi connectivity index (χ2n) is 6.65. The normalized spacial score (nSPS) is 19.8. The molecule has 1 amide bonds. The van der Waals surface area contributed by atoms with Crippen molar-refractivity contribution in [3.63, 3.8) is 0 Å². The molecule has 1 aromatic rings. The average Bonchev–Trinajstić information content (AvgIpc) is 2.69. The third kappa shape index (κ3) is 5.46. The highest BCUT2D eigenvalue weighted by Gasteiger charge is 2.25. The highest BCUT2D eigenvalue weighted by atomic mass is 32.1. The highest BCUT2D eigenvalue weighted by molar-refractivity contribution is 7.07. The van der Waals surface area contributed by atoms with E-state index in [0.29, 0.717) is 19.1 Å². The minimum atomic E-state index is -0.453. The molecule has 6 nitrogen and oxygen atoms in total. The Labute approximate surface area is 134 Å². The smallest absolute Gasteiger partial charge is 0.410 e. The number of ether oxygens (including phenoxy) is 1. The standard InChI is InChI=1S/C15H25N3O3S/c1-15(2,3)21-14(20)18-7-4-5-11(6-8-18)16-9-12-10-22-13(19)17-12/h10-11,16H,4-9H2,1-3H3,(H,17,19). The highest BCUT2D eigenvalue weighted by Crippen LogP contribution is 2.15. The number of aromatic nitrogens is 1. The Hall–Kier alpha value is -1.34. The summed E-state index contributed by atoms with van der Waals surface area (Å²) in [5.74, 6) is 0. The zero-order valence-electron chi connectivity index (χ0n) is 13.5. The molecular formula is C15H25N3O3S. The predicted molar refractivity (Wildman–Crippen MR) is 87.2 cm³/mol. The van der Waals surface area contributed by atoms with E-state index >= 15 is 0 Å². The maximum absolute atomic E-state index is 12.1. The van der Waals surface area contributed by atoms with Crippen LogP contribution in [0.15, 0.2) is 10.2 Å². The van der Waals surface area contributed by atoms with E-state index in [1.54, 1.807) is 4.90 Å². The number of nitrogens with zero attached hydrogens (tertiary/aromatic N) is 1. The lowest BCUT2D eigenvalue weighted by atomic mass is 10.1. The largest absolute Gasteiger partial charge is 0.444 e. The number of H-pyrrole nitrogens is 1. The molecule has 2 heterocycles. The van der Waals surface area contributed by atoms with Gasteiger partial charge < -0.3 is 19.9 Å². The molecule has 2 rings (SSSR count). The van der Waals surface area contributed by atoms with E-state index in [9.17, 15) is 9.59 Å². The molecule has 0 radical (unpaired) electrons. The summed E-state index contributed by atoms with van der Waals surface area (Å²) in [6.45, 7) is 7.75. The Balaban J connectivity index is 1.79. The number of hydrogen-bond acceptors (Lipinski definition) is 5. The third-order valence-electron chi connectivity index (χ3n) is 3.53. The molecule has 124 valence electrons. The van der Waals surface area contributed by atoms with Crippen LogP contribution in [-0.2, 0) is 11.3 Å². The fourth-order valence-corrected chi connectivity index (χ4v) is 3.05. The van der Waals surface area contributed by atoms with Crippen molar-refractivity contribution in [3.05, 3.63) is 20.7 Å². The van der Waals surface area contributed by atoms with E-state index in [0.717, 1.165) is 31.5 Å². The summed E-state index contributed by atoms with van der Waals surface area (Å²) in [7, 11) is 0. The van der Waals surface area contributed by atoms with Gasteiger partial charge in [-0.15, -0.1) is 0 Å². The van der Waals surface area contributed by atoms with Gasteiger partial charge in [-0.1, -0.05) is 11.3 Å². The average molecular weight is 327 g/mol. The Bertz CT molecular complexity index is 547.